The Morgan fingerprint density at radius 1 is 1.11 bits per heavy atom. The van der Waals surface area contributed by atoms with E-state index < -0.39 is 18.3 Å². The fourth-order valence-corrected chi connectivity index (χ4v) is 3.16. The molecule has 0 aromatic carbocycles. The van der Waals surface area contributed by atoms with Gasteiger partial charge in [0.15, 0.2) is 0 Å². The van der Waals surface area contributed by atoms with Crippen molar-refractivity contribution in [2.24, 2.45) is 5.92 Å². The highest BCUT2D eigenvalue weighted by atomic mass is 19.3. The van der Waals surface area contributed by atoms with Gasteiger partial charge in [0.1, 0.15) is 0 Å². The van der Waals surface area contributed by atoms with Gasteiger partial charge in [0.05, 0.1) is 0 Å². The summed E-state index contributed by atoms with van der Waals surface area (Å²) in [4.78, 5) is 12.6. The molecule has 1 amide bonds. The van der Waals surface area contributed by atoms with Crippen LogP contribution in [0.15, 0.2) is 0 Å². The van der Waals surface area contributed by atoms with Crippen LogP contribution in [0.4, 0.5) is 17.6 Å². The van der Waals surface area contributed by atoms with Crippen LogP contribution in [0.25, 0.3) is 0 Å². The SMILES string of the molecule is O=C(N1CCCC1C1CCCC1)C(F)(F)C(F)F. The smallest absolute Gasteiger partial charge is 0.334 e. The van der Waals surface area contributed by atoms with Gasteiger partial charge < -0.3 is 4.90 Å². The molecule has 1 saturated heterocycles. The van der Waals surface area contributed by atoms with Gasteiger partial charge in [-0.3, -0.25) is 4.79 Å². The third-order valence-electron chi connectivity index (χ3n) is 4.06. The van der Waals surface area contributed by atoms with Crippen LogP contribution in [-0.4, -0.2) is 35.7 Å². The third kappa shape index (κ3) is 2.34. The summed E-state index contributed by atoms with van der Waals surface area (Å²) in [6.45, 7) is 0.183. The zero-order chi connectivity index (χ0) is 13.3. The Morgan fingerprint density at radius 3 is 2.28 bits per heavy atom. The molecule has 6 heteroatoms. The lowest BCUT2D eigenvalue weighted by Gasteiger charge is -2.31. The predicted octanol–water partition coefficient (Wildman–Crippen LogP) is 3.07. The first-order valence-electron chi connectivity index (χ1n) is 6.41. The minimum atomic E-state index is -4.54. The summed E-state index contributed by atoms with van der Waals surface area (Å²) in [5.74, 6) is -6.02. The molecule has 0 aromatic heterocycles. The number of likely N-dealkylation sites (tertiary alicyclic amines) is 1. The quantitative estimate of drug-likeness (QED) is 0.720. The van der Waals surface area contributed by atoms with E-state index in [2.05, 4.69) is 0 Å². The second-order valence-electron chi connectivity index (χ2n) is 5.18. The van der Waals surface area contributed by atoms with Gasteiger partial charge in [-0.05, 0) is 31.6 Å². The monoisotopic (exact) mass is 267 g/mol. The summed E-state index contributed by atoms with van der Waals surface area (Å²) in [7, 11) is 0. The van der Waals surface area contributed by atoms with Crippen LogP contribution in [-0.2, 0) is 4.79 Å². The molecule has 1 atom stereocenters. The zero-order valence-corrected chi connectivity index (χ0v) is 10.0. The number of alkyl halides is 4. The molecular formula is C12H17F4NO. The molecule has 0 aromatic rings. The van der Waals surface area contributed by atoms with Gasteiger partial charge in [-0.2, -0.15) is 8.78 Å². The third-order valence-corrected chi connectivity index (χ3v) is 4.06. The van der Waals surface area contributed by atoms with Crippen molar-refractivity contribution in [2.45, 2.75) is 56.9 Å². The fourth-order valence-electron chi connectivity index (χ4n) is 3.16. The summed E-state index contributed by atoms with van der Waals surface area (Å²) in [6, 6.07) is -0.260. The van der Waals surface area contributed by atoms with E-state index in [0.29, 0.717) is 12.8 Å². The highest BCUT2D eigenvalue weighted by molar-refractivity contribution is 5.84. The molecule has 0 bridgehead atoms. The second-order valence-corrected chi connectivity index (χ2v) is 5.18. The van der Waals surface area contributed by atoms with E-state index in [1.165, 1.54) is 0 Å². The molecule has 2 rings (SSSR count). The van der Waals surface area contributed by atoms with Gasteiger partial charge in [-0.15, -0.1) is 0 Å². The van der Waals surface area contributed by atoms with Crippen LogP contribution in [0, 0.1) is 5.92 Å². The van der Waals surface area contributed by atoms with E-state index in [1.54, 1.807) is 0 Å². The topological polar surface area (TPSA) is 20.3 Å². The molecule has 1 saturated carbocycles. The van der Waals surface area contributed by atoms with Gasteiger partial charge in [-0.1, -0.05) is 12.8 Å². The molecule has 0 spiro atoms. The molecule has 1 aliphatic carbocycles. The van der Waals surface area contributed by atoms with Crippen molar-refractivity contribution in [1.82, 2.24) is 4.90 Å². The van der Waals surface area contributed by atoms with E-state index in [9.17, 15) is 22.4 Å². The van der Waals surface area contributed by atoms with Crippen LogP contribution < -0.4 is 0 Å². The number of hydrogen-bond donors (Lipinski definition) is 0. The molecule has 0 N–H and O–H groups in total. The number of amides is 1. The van der Waals surface area contributed by atoms with E-state index in [0.717, 1.165) is 30.6 Å². The van der Waals surface area contributed by atoms with Crippen molar-refractivity contribution in [2.75, 3.05) is 6.54 Å². The van der Waals surface area contributed by atoms with Crippen molar-refractivity contribution in [1.29, 1.82) is 0 Å². The van der Waals surface area contributed by atoms with Crippen molar-refractivity contribution < 1.29 is 22.4 Å². The summed E-state index contributed by atoms with van der Waals surface area (Å²) < 4.78 is 50.7. The van der Waals surface area contributed by atoms with Crippen LogP contribution in [0.3, 0.4) is 0 Å². The summed E-state index contributed by atoms with van der Waals surface area (Å²) in [6.07, 6.45) is 1.27. The first kappa shape index (κ1) is 13.6. The number of carbonyl (C=O) groups excluding carboxylic acids is 1. The van der Waals surface area contributed by atoms with E-state index >= 15 is 0 Å². The predicted molar refractivity (Wildman–Crippen MR) is 57.6 cm³/mol. The Kier molecular flexibility index (Phi) is 3.82. The normalized spacial score (nSPS) is 26.3. The van der Waals surface area contributed by atoms with Crippen molar-refractivity contribution in [3.63, 3.8) is 0 Å². The van der Waals surface area contributed by atoms with E-state index in [-0.39, 0.29) is 18.5 Å². The van der Waals surface area contributed by atoms with E-state index in [4.69, 9.17) is 0 Å². The number of rotatable bonds is 3. The van der Waals surface area contributed by atoms with Crippen molar-refractivity contribution in [3.8, 4) is 0 Å². The molecule has 18 heavy (non-hydrogen) atoms. The molecule has 1 aliphatic heterocycles. The van der Waals surface area contributed by atoms with Crippen molar-refractivity contribution in [3.05, 3.63) is 0 Å². The first-order valence-corrected chi connectivity index (χ1v) is 6.41. The number of hydrogen-bond acceptors (Lipinski definition) is 1. The fraction of sp³-hybridized carbons (Fsp3) is 0.917. The molecule has 2 fully saturated rings. The maximum Gasteiger partial charge on any atom is 0.383 e. The van der Waals surface area contributed by atoms with Crippen molar-refractivity contribution >= 4 is 5.91 Å². The lowest BCUT2D eigenvalue weighted by molar-refractivity contribution is -0.182. The molecule has 2 nitrogen and oxygen atoms in total. The highest BCUT2D eigenvalue weighted by Gasteiger charge is 2.53. The van der Waals surface area contributed by atoms with Gasteiger partial charge in [0.25, 0.3) is 5.91 Å². The minimum absolute atomic E-state index is 0.183. The van der Waals surface area contributed by atoms with Crippen LogP contribution >= 0.6 is 0 Å². The zero-order valence-electron chi connectivity index (χ0n) is 10.0. The van der Waals surface area contributed by atoms with Gasteiger partial charge in [-0.25, -0.2) is 8.78 Å². The molecule has 1 heterocycles. The summed E-state index contributed by atoms with van der Waals surface area (Å²) in [5, 5.41) is 0. The summed E-state index contributed by atoms with van der Waals surface area (Å²) >= 11 is 0. The standard InChI is InChI=1S/C12H17F4NO/c13-10(14)12(15,16)11(18)17-7-3-6-9(17)8-4-1-2-5-8/h8-10H,1-7H2. The number of nitrogens with zero attached hydrogens (tertiary/aromatic N) is 1. The maximum atomic E-state index is 13.1. The van der Waals surface area contributed by atoms with Crippen LogP contribution in [0.1, 0.15) is 38.5 Å². The van der Waals surface area contributed by atoms with Gasteiger partial charge in [0, 0.05) is 12.6 Å². The Bertz CT molecular complexity index is 315. The Morgan fingerprint density at radius 2 is 1.72 bits per heavy atom. The Balaban J connectivity index is 2.09. The van der Waals surface area contributed by atoms with Gasteiger partial charge >= 0.3 is 12.3 Å². The lowest BCUT2D eigenvalue weighted by atomic mass is 9.96. The molecule has 1 unspecified atom stereocenters. The molecular weight excluding hydrogens is 250 g/mol. The highest BCUT2D eigenvalue weighted by Crippen LogP contribution is 2.37. The summed E-state index contributed by atoms with van der Waals surface area (Å²) in [5.41, 5.74) is 0. The van der Waals surface area contributed by atoms with E-state index in [1.807, 2.05) is 0 Å². The van der Waals surface area contributed by atoms with Crippen LogP contribution in [0.5, 0.6) is 0 Å². The van der Waals surface area contributed by atoms with Crippen LogP contribution in [0.2, 0.25) is 0 Å². The average molecular weight is 267 g/mol. The Hall–Kier alpha value is -0.810. The largest absolute Gasteiger partial charge is 0.383 e. The Labute approximate surface area is 103 Å². The molecule has 2 aliphatic rings. The average Bonchev–Trinajstić information content (AvgIpc) is 2.97. The lowest BCUT2D eigenvalue weighted by Crippen LogP contribution is -2.50. The minimum Gasteiger partial charge on any atom is -0.334 e. The number of carbonyl (C=O) groups is 1. The maximum absolute atomic E-state index is 13.1. The first-order chi connectivity index (χ1) is 8.44. The molecule has 104 valence electrons. The number of halogens is 4. The second kappa shape index (κ2) is 5.05. The van der Waals surface area contributed by atoms with Gasteiger partial charge in [0.2, 0.25) is 0 Å². The molecule has 0 radical (unpaired) electrons.